The molecule has 0 saturated heterocycles. The molecule has 0 aliphatic carbocycles. The zero-order chi connectivity index (χ0) is 3.58. The summed E-state index contributed by atoms with van der Waals surface area (Å²) in [6.45, 7) is -2.32. The van der Waals surface area contributed by atoms with Crippen LogP contribution in [0.25, 0.3) is 0 Å². The Morgan fingerprint density at radius 3 is 2.00 bits per heavy atom. The van der Waals surface area contributed by atoms with Crippen LogP contribution in [0.2, 0.25) is 0 Å². The van der Waals surface area contributed by atoms with Crippen LogP contribution >= 0.6 is 22.2 Å². The Morgan fingerprint density at radius 1 is 2.00 bits per heavy atom. The van der Waals surface area contributed by atoms with Gasteiger partial charge in [-0.15, -0.1) is 0 Å². The lowest BCUT2D eigenvalue weighted by molar-refractivity contribution is 0.521. The van der Waals surface area contributed by atoms with Crippen molar-refractivity contribution in [2.75, 3.05) is 0 Å². The maximum Gasteiger partial charge on any atom is 0.251 e. The van der Waals surface area contributed by atoms with Gasteiger partial charge >= 0.3 is 0 Å². The molecule has 0 aliphatic rings. The van der Waals surface area contributed by atoms with E-state index >= 15 is 0 Å². The molecular formula is H2BrO2P. The summed E-state index contributed by atoms with van der Waals surface area (Å²) in [6, 6.07) is 0. The normalized spacial score (nSPS) is 15.5. The summed E-state index contributed by atoms with van der Waals surface area (Å²) < 4.78 is 9.10. The van der Waals surface area contributed by atoms with E-state index < -0.39 is 6.73 Å². The zero-order valence-electron chi connectivity index (χ0n) is 1.73. The van der Waals surface area contributed by atoms with Gasteiger partial charge in [0, 0.05) is 15.5 Å². The monoisotopic (exact) mass is 144 g/mol. The molecule has 4 heteroatoms. The molecule has 26 valence electrons. The molecule has 1 atom stereocenters. The second kappa shape index (κ2) is 1.94. The van der Waals surface area contributed by atoms with Crippen molar-refractivity contribution in [3.05, 3.63) is 0 Å². The fraction of sp³-hybridized carbons (Fsp3) is 0. The summed E-state index contributed by atoms with van der Waals surface area (Å²) in [4.78, 5) is 7.52. The number of halogens is 1. The first-order chi connectivity index (χ1) is 1.73. The van der Waals surface area contributed by atoms with Gasteiger partial charge in [0.2, 0.25) is 0 Å². The minimum Gasteiger partial charge on any atom is -0.339 e. The van der Waals surface area contributed by atoms with Gasteiger partial charge in [-0.25, -0.2) is 0 Å². The second-order valence-corrected chi connectivity index (χ2v) is 2.79. The maximum atomic E-state index is 9.10. The lowest BCUT2D eigenvalue weighted by Gasteiger charge is -1.57. The molecule has 0 saturated carbocycles. The predicted molar refractivity (Wildman–Crippen MR) is 20.1 cm³/mol. The Labute approximate surface area is 32.4 Å². The lowest BCUT2D eigenvalue weighted by atomic mass is 15.9. The van der Waals surface area contributed by atoms with Crippen LogP contribution in [-0.4, -0.2) is 4.89 Å². The van der Waals surface area contributed by atoms with E-state index in [-0.39, 0.29) is 0 Å². The fourth-order valence-corrected chi connectivity index (χ4v) is 0. The lowest BCUT2D eigenvalue weighted by Crippen LogP contribution is -1.19. The van der Waals surface area contributed by atoms with Crippen LogP contribution in [0.5, 0.6) is 0 Å². The van der Waals surface area contributed by atoms with Crippen molar-refractivity contribution < 1.29 is 9.46 Å². The largest absolute Gasteiger partial charge is 0.339 e. The quantitative estimate of drug-likeness (QED) is 0.511. The molecule has 0 rings (SSSR count). The van der Waals surface area contributed by atoms with Crippen LogP contribution in [-0.2, 0) is 4.57 Å². The second-order valence-electron chi connectivity index (χ2n) is 0.253. The summed E-state index contributed by atoms with van der Waals surface area (Å²) >= 11 is 2.37. The first-order valence-electron chi connectivity index (χ1n) is 0.617. The molecule has 2 nitrogen and oxygen atoms in total. The topological polar surface area (TPSA) is 37.3 Å². The van der Waals surface area contributed by atoms with Crippen molar-refractivity contribution in [1.82, 2.24) is 0 Å². The van der Waals surface area contributed by atoms with E-state index in [1.54, 1.807) is 0 Å². The summed E-state index contributed by atoms with van der Waals surface area (Å²) in [5.74, 6) is 0. The highest BCUT2D eigenvalue weighted by atomic mass is 79.9. The van der Waals surface area contributed by atoms with Crippen LogP contribution in [0.15, 0.2) is 0 Å². The summed E-state index contributed by atoms with van der Waals surface area (Å²) in [6.07, 6.45) is 0. The molecule has 0 radical (unpaired) electrons. The third kappa shape index (κ3) is 16.6. The van der Waals surface area contributed by atoms with Crippen LogP contribution in [0, 0.1) is 0 Å². The Kier molecular flexibility index (Phi) is 2.27. The summed E-state index contributed by atoms with van der Waals surface area (Å²) in [5.41, 5.74) is 0. The predicted octanol–water partition coefficient (Wildman–Crippen LogP) is 0.763. The van der Waals surface area contributed by atoms with E-state index in [0.29, 0.717) is 0 Å². The van der Waals surface area contributed by atoms with Crippen molar-refractivity contribution in [1.29, 1.82) is 0 Å². The van der Waals surface area contributed by atoms with E-state index in [1.165, 1.54) is 0 Å². The van der Waals surface area contributed by atoms with E-state index in [1.807, 2.05) is 0 Å². The third-order valence-corrected chi connectivity index (χ3v) is 0. The Hall–Kier alpha value is 0.670. The van der Waals surface area contributed by atoms with Gasteiger partial charge < -0.3 is 4.89 Å². The average molecular weight is 145 g/mol. The highest BCUT2D eigenvalue weighted by Crippen LogP contribution is 2.21. The van der Waals surface area contributed by atoms with Gasteiger partial charge in [0.1, 0.15) is 0 Å². The average Bonchev–Trinajstić information content (AvgIpc) is 0.811. The van der Waals surface area contributed by atoms with E-state index in [0.717, 1.165) is 0 Å². The molecule has 0 spiro atoms. The minimum atomic E-state index is -2.32. The Bertz CT molecular complexity index is 29.0. The smallest absolute Gasteiger partial charge is 0.251 e. The number of hydrogen-bond donors (Lipinski definition) is 1. The van der Waals surface area contributed by atoms with Crippen LogP contribution < -0.4 is 0 Å². The van der Waals surface area contributed by atoms with Gasteiger partial charge in [0.15, 0.2) is 0 Å². The summed E-state index contributed by atoms with van der Waals surface area (Å²) in [7, 11) is 0. The third-order valence-electron chi connectivity index (χ3n) is 0. The van der Waals surface area contributed by atoms with Crippen molar-refractivity contribution in [2.45, 2.75) is 0 Å². The molecule has 0 fully saturated rings. The molecular weight excluding hydrogens is 143 g/mol. The van der Waals surface area contributed by atoms with Gasteiger partial charge in [-0.2, -0.15) is 0 Å². The van der Waals surface area contributed by atoms with Crippen molar-refractivity contribution in [3.8, 4) is 0 Å². The van der Waals surface area contributed by atoms with Crippen molar-refractivity contribution >= 4 is 22.2 Å². The van der Waals surface area contributed by atoms with Crippen molar-refractivity contribution in [2.24, 2.45) is 0 Å². The molecule has 0 heterocycles. The van der Waals surface area contributed by atoms with Crippen LogP contribution in [0.3, 0.4) is 0 Å². The van der Waals surface area contributed by atoms with Gasteiger partial charge in [0.25, 0.3) is 6.73 Å². The molecule has 0 aromatic rings. The highest BCUT2D eigenvalue weighted by molar-refractivity contribution is 9.37. The maximum absolute atomic E-state index is 9.10. The highest BCUT2D eigenvalue weighted by Gasteiger charge is 1.64. The first kappa shape index (κ1) is 4.67. The standard InChI is InChI=1S/BrH2O2P/c1-4(2)3/h4H,(H,2,3). The van der Waals surface area contributed by atoms with E-state index in [2.05, 4.69) is 15.5 Å². The molecule has 0 amide bonds. The molecule has 1 unspecified atom stereocenters. The molecule has 0 aromatic carbocycles. The Balaban J connectivity index is 2.80. The Morgan fingerprint density at radius 2 is 2.00 bits per heavy atom. The van der Waals surface area contributed by atoms with Crippen molar-refractivity contribution in [3.63, 3.8) is 0 Å². The van der Waals surface area contributed by atoms with E-state index in [9.17, 15) is 0 Å². The van der Waals surface area contributed by atoms with Gasteiger partial charge in [-0.05, 0) is 0 Å². The van der Waals surface area contributed by atoms with E-state index in [4.69, 9.17) is 9.46 Å². The van der Waals surface area contributed by atoms with Gasteiger partial charge in [0.05, 0.1) is 0 Å². The SMILES string of the molecule is O=[PH](O)Br. The number of rotatable bonds is 0. The van der Waals surface area contributed by atoms with Gasteiger partial charge in [-0.3, -0.25) is 4.57 Å². The molecule has 4 heavy (non-hydrogen) atoms. The fourth-order valence-electron chi connectivity index (χ4n) is 0. The van der Waals surface area contributed by atoms with Gasteiger partial charge in [-0.1, -0.05) is 0 Å². The molecule has 1 N–H and O–H groups in total. The number of hydrogen-bond acceptors (Lipinski definition) is 1. The zero-order valence-corrected chi connectivity index (χ0v) is 4.32. The molecule has 0 aliphatic heterocycles. The molecule has 0 bridgehead atoms. The first-order valence-corrected chi connectivity index (χ1v) is 4.23. The minimum absolute atomic E-state index is 2.32. The van der Waals surface area contributed by atoms with Crippen LogP contribution in [0.4, 0.5) is 0 Å². The molecule has 0 aromatic heterocycles. The van der Waals surface area contributed by atoms with Crippen LogP contribution in [0.1, 0.15) is 0 Å². The summed E-state index contributed by atoms with van der Waals surface area (Å²) in [5, 5.41) is 0.